The van der Waals surface area contributed by atoms with Gasteiger partial charge in [-0.15, -0.1) is 12.4 Å². The second-order valence-electron chi connectivity index (χ2n) is 7.82. The van der Waals surface area contributed by atoms with Crippen molar-refractivity contribution in [1.29, 1.82) is 0 Å². The largest absolute Gasteiger partial charge is 0.494 e. The molecule has 0 radical (unpaired) electrons. The van der Waals surface area contributed by atoms with E-state index in [9.17, 15) is 4.79 Å². The number of rotatable bonds is 8. The molecule has 0 bridgehead atoms. The number of ether oxygens (including phenoxy) is 1. The summed E-state index contributed by atoms with van der Waals surface area (Å²) >= 11 is 0. The molecule has 0 spiro atoms. The van der Waals surface area contributed by atoms with Crippen LogP contribution in [-0.2, 0) is 0 Å². The summed E-state index contributed by atoms with van der Waals surface area (Å²) in [7, 11) is 0. The molecule has 7 heteroatoms. The lowest BCUT2D eigenvalue weighted by Gasteiger charge is -2.31. The maximum atomic E-state index is 11.7. The lowest BCUT2D eigenvalue weighted by atomic mass is 9.93. The van der Waals surface area contributed by atoms with E-state index in [1.807, 2.05) is 42.6 Å². The van der Waals surface area contributed by atoms with E-state index in [1.165, 1.54) is 0 Å². The van der Waals surface area contributed by atoms with Gasteiger partial charge in [-0.2, -0.15) is 0 Å². The summed E-state index contributed by atoms with van der Waals surface area (Å²) in [6.45, 7) is 3.97. The average Bonchev–Trinajstić information content (AvgIpc) is 2.79. The van der Waals surface area contributed by atoms with Gasteiger partial charge in [0, 0.05) is 12.1 Å². The number of hydrogen-bond donors (Lipinski definition) is 1. The molecule has 1 aromatic heterocycles. The van der Waals surface area contributed by atoms with Gasteiger partial charge in [-0.3, -0.25) is 9.78 Å². The zero-order valence-corrected chi connectivity index (χ0v) is 18.4. The van der Waals surface area contributed by atoms with Crippen molar-refractivity contribution in [3.63, 3.8) is 0 Å². The molecule has 2 N–H and O–H groups in total. The number of carbonyl (C=O) groups excluding carboxylic acids is 1. The second kappa shape index (κ2) is 11.1. The van der Waals surface area contributed by atoms with Crippen LogP contribution in [0.1, 0.15) is 47.7 Å². The summed E-state index contributed by atoms with van der Waals surface area (Å²) in [6, 6.07) is 15.3. The first-order valence-electron chi connectivity index (χ1n) is 10.7. The van der Waals surface area contributed by atoms with E-state index in [2.05, 4.69) is 9.88 Å². The third-order valence-electron chi connectivity index (χ3n) is 5.74. The van der Waals surface area contributed by atoms with Crippen molar-refractivity contribution in [2.75, 3.05) is 26.2 Å². The predicted molar refractivity (Wildman–Crippen MR) is 125 cm³/mol. The lowest BCUT2D eigenvalue weighted by Crippen LogP contribution is -2.34. The lowest BCUT2D eigenvalue weighted by molar-refractivity contribution is 0.100. The van der Waals surface area contributed by atoms with Gasteiger partial charge in [0.25, 0.3) is 5.91 Å². The van der Waals surface area contributed by atoms with E-state index >= 15 is 0 Å². The van der Waals surface area contributed by atoms with E-state index in [0.29, 0.717) is 22.5 Å². The van der Waals surface area contributed by atoms with Gasteiger partial charge in [-0.1, -0.05) is 24.3 Å². The molecule has 2 aromatic carbocycles. The maximum Gasteiger partial charge on any atom is 0.250 e. The quantitative estimate of drug-likeness (QED) is 0.531. The monoisotopic (exact) mass is 440 g/mol. The van der Waals surface area contributed by atoms with Gasteiger partial charge in [0.15, 0.2) is 0 Å². The average molecular weight is 441 g/mol. The van der Waals surface area contributed by atoms with Gasteiger partial charge in [0.1, 0.15) is 11.3 Å². The van der Waals surface area contributed by atoms with Crippen LogP contribution in [0.15, 0.2) is 54.7 Å². The molecule has 0 aliphatic carbocycles. The SMILES string of the molecule is Cl.NC(=O)c1cccc2ncc(C3CCN(CCCCOc4ccccc4)CC3)nc12. The molecular weight excluding hydrogens is 412 g/mol. The van der Waals surface area contributed by atoms with E-state index in [0.717, 1.165) is 63.4 Å². The molecular formula is C24H29ClN4O2. The zero-order chi connectivity index (χ0) is 20.8. The fourth-order valence-electron chi connectivity index (χ4n) is 4.04. The third-order valence-corrected chi connectivity index (χ3v) is 5.74. The Kier molecular flexibility index (Phi) is 8.20. The number of aromatic nitrogens is 2. The molecule has 6 nitrogen and oxygen atoms in total. The number of nitrogens with zero attached hydrogens (tertiary/aromatic N) is 3. The summed E-state index contributed by atoms with van der Waals surface area (Å²) in [4.78, 5) is 23.5. The highest BCUT2D eigenvalue weighted by atomic mass is 35.5. The highest BCUT2D eigenvalue weighted by molar-refractivity contribution is 6.03. The van der Waals surface area contributed by atoms with Crippen LogP contribution in [0.4, 0.5) is 0 Å². The van der Waals surface area contributed by atoms with Gasteiger partial charge in [0.2, 0.25) is 0 Å². The Morgan fingerprint density at radius 3 is 2.58 bits per heavy atom. The number of hydrogen-bond acceptors (Lipinski definition) is 5. The normalized spacial score (nSPS) is 14.8. The topological polar surface area (TPSA) is 81.3 Å². The summed E-state index contributed by atoms with van der Waals surface area (Å²) in [5.74, 6) is 0.855. The van der Waals surface area contributed by atoms with Gasteiger partial charge < -0.3 is 15.4 Å². The molecule has 1 aliphatic heterocycles. The van der Waals surface area contributed by atoms with Gasteiger partial charge >= 0.3 is 0 Å². The minimum absolute atomic E-state index is 0. The van der Waals surface area contributed by atoms with Crippen LogP contribution in [-0.4, -0.2) is 47.0 Å². The number of primary amides is 1. The molecule has 0 saturated carbocycles. The number of amides is 1. The fourth-order valence-corrected chi connectivity index (χ4v) is 4.04. The van der Waals surface area contributed by atoms with E-state index in [4.69, 9.17) is 15.5 Å². The number of likely N-dealkylation sites (tertiary alicyclic amines) is 1. The number of para-hydroxylation sites is 2. The molecule has 0 unspecified atom stereocenters. The Labute approximate surface area is 189 Å². The van der Waals surface area contributed by atoms with Crippen LogP contribution in [0.2, 0.25) is 0 Å². The van der Waals surface area contributed by atoms with Crippen molar-refractivity contribution in [3.8, 4) is 5.75 Å². The number of piperidine rings is 1. The molecule has 0 atom stereocenters. The second-order valence-corrected chi connectivity index (χ2v) is 7.82. The number of carbonyl (C=O) groups is 1. The molecule has 1 saturated heterocycles. The van der Waals surface area contributed by atoms with Crippen LogP contribution < -0.4 is 10.5 Å². The standard InChI is InChI=1S/C24H28N4O2.ClH/c25-24(29)20-9-6-10-21-23(20)27-22(17-26-21)18-11-14-28(15-12-18)13-4-5-16-30-19-7-2-1-3-8-19;/h1-3,6-10,17-18H,4-5,11-16H2,(H2,25,29);1H. The number of nitrogens with two attached hydrogens (primary N) is 1. The predicted octanol–water partition coefficient (Wildman–Crippen LogP) is 4.19. The van der Waals surface area contributed by atoms with Gasteiger partial charge in [0.05, 0.1) is 23.4 Å². The van der Waals surface area contributed by atoms with Crippen molar-refractivity contribution in [3.05, 3.63) is 66.0 Å². The number of unbranched alkanes of at least 4 members (excludes halogenated alkanes) is 1. The molecule has 164 valence electrons. The van der Waals surface area contributed by atoms with Crippen molar-refractivity contribution in [2.45, 2.75) is 31.6 Å². The van der Waals surface area contributed by atoms with E-state index in [1.54, 1.807) is 12.1 Å². The van der Waals surface area contributed by atoms with Crippen molar-refractivity contribution >= 4 is 29.3 Å². The van der Waals surface area contributed by atoms with Crippen LogP contribution >= 0.6 is 12.4 Å². The van der Waals surface area contributed by atoms with Crippen molar-refractivity contribution < 1.29 is 9.53 Å². The first kappa shape index (κ1) is 23.0. The summed E-state index contributed by atoms with van der Waals surface area (Å²) in [6.07, 6.45) is 6.16. The molecule has 4 rings (SSSR count). The number of benzene rings is 2. The van der Waals surface area contributed by atoms with Crippen molar-refractivity contribution in [1.82, 2.24) is 14.9 Å². The molecule has 1 fully saturated rings. The van der Waals surface area contributed by atoms with E-state index < -0.39 is 5.91 Å². The molecule has 2 heterocycles. The Hall–Kier alpha value is -2.70. The number of halogens is 1. The Morgan fingerprint density at radius 1 is 1.06 bits per heavy atom. The summed E-state index contributed by atoms with van der Waals surface area (Å²) in [5, 5.41) is 0. The van der Waals surface area contributed by atoms with E-state index in [-0.39, 0.29) is 12.4 Å². The Morgan fingerprint density at radius 2 is 1.84 bits per heavy atom. The zero-order valence-electron chi connectivity index (χ0n) is 17.6. The Balaban J connectivity index is 0.00000272. The highest BCUT2D eigenvalue weighted by Crippen LogP contribution is 2.28. The Bertz CT molecular complexity index is 991. The minimum atomic E-state index is -0.460. The smallest absolute Gasteiger partial charge is 0.250 e. The minimum Gasteiger partial charge on any atom is -0.494 e. The van der Waals surface area contributed by atoms with Gasteiger partial charge in [-0.25, -0.2) is 4.98 Å². The molecule has 31 heavy (non-hydrogen) atoms. The van der Waals surface area contributed by atoms with Crippen LogP contribution in [0.25, 0.3) is 11.0 Å². The first-order valence-corrected chi connectivity index (χ1v) is 10.7. The van der Waals surface area contributed by atoms with Gasteiger partial charge in [-0.05, 0) is 69.6 Å². The first-order chi connectivity index (χ1) is 14.7. The van der Waals surface area contributed by atoms with Crippen molar-refractivity contribution in [2.24, 2.45) is 5.73 Å². The maximum absolute atomic E-state index is 11.7. The summed E-state index contributed by atoms with van der Waals surface area (Å²) < 4.78 is 5.77. The summed E-state index contributed by atoms with van der Waals surface area (Å²) in [5.41, 5.74) is 8.24. The molecule has 1 amide bonds. The van der Waals surface area contributed by atoms with Crippen LogP contribution in [0.3, 0.4) is 0 Å². The highest BCUT2D eigenvalue weighted by Gasteiger charge is 2.22. The van der Waals surface area contributed by atoms with Crippen LogP contribution in [0, 0.1) is 0 Å². The third kappa shape index (κ3) is 5.93. The molecule has 1 aliphatic rings. The fraction of sp³-hybridized carbons (Fsp3) is 0.375. The van der Waals surface area contributed by atoms with Crippen LogP contribution in [0.5, 0.6) is 5.75 Å². The number of fused-ring (bicyclic) bond motifs is 1. The molecule has 3 aromatic rings.